The maximum absolute atomic E-state index is 14.3. The van der Waals surface area contributed by atoms with E-state index in [2.05, 4.69) is 107 Å². The number of urea groups is 1. The number of hydrogen-bond acceptors (Lipinski definition) is 14. The molecule has 0 atom stereocenters. The van der Waals surface area contributed by atoms with Crippen molar-refractivity contribution in [2.45, 2.75) is 52.9 Å². The average Bonchev–Trinajstić information content (AvgIpc) is 3.99. The van der Waals surface area contributed by atoms with E-state index in [4.69, 9.17) is 21.5 Å². The first kappa shape index (κ1) is 60.4. The van der Waals surface area contributed by atoms with Crippen molar-refractivity contribution in [1.29, 1.82) is 0 Å². The van der Waals surface area contributed by atoms with Crippen molar-refractivity contribution in [2.24, 2.45) is 33.3 Å². The fourth-order valence-corrected chi connectivity index (χ4v) is 12.1. The monoisotopic (exact) mass is 1130 g/mol. The first-order valence-electron chi connectivity index (χ1n) is 28.7. The van der Waals surface area contributed by atoms with Gasteiger partial charge in [-0.25, -0.2) is 23.4 Å². The zero-order valence-electron chi connectivity index (χ0n) is 48.9. The number of carbonyl (C=O) groups excluding carboxylic acids is 4. The summed E-state index contributed by atoms with van der Waals surface area (Å²) >= 11 is 1.70. The van der Waals surface area contributed by atoms with Crippen molar-refractivity contribution in [3.05, 3.63) is 142 Å². The number of likely N-dealkylation sites (tertiary alicyclic amines) is 1. The highest BCUT2D eigenvalue weighted by Gasteiger charge is 2.31. The molecule has 8 rings (SSSR count). The number of aliphatic imine (C=N–C) groups is 2. The number of likely N-dealkylation sites (N-methyl/N-ethyl adjacent to an activating group) is 1. The molecule has 4 aliphatic rings. The van der Waals surface area contributed by atoms with Crippen LogP contribution in [0, 0.1) is 11.8 Å². The molecule has 4 aromatic carbocycles. The molecule has 17 heteroatoms. The first-order valence-corrected chi connectivity index (χ1v) is 29.5. The van der Waals surface area contributed by atoms with Crippen LogP contribution in [0.15, 0.2) is 119 Å². The molecule has 4 heterocycles. The van der Waals surface area contributed by atoms with Gasteiger partial charge in [-0.2, -0.15) is 0 Å². The average molecular weight is 1130 g/mol. The van der Waals surface area contributed by atoms with Crippen molar-refractivity contribution in [3.63, 3.8) is 0 Å². The van der Waals surface area contributed by atoms with Crippen LogP contribution >= 0.6 is 12.1 Å². The van der Waals surface area contributed by atoms with Gasteiger partial charge in [0.1, 0.15) is 11.7 Å². The molecule has 82 heavy (non-hydrogen) atoms. The Morgan fingerprint density at radius 1 is 0.634 bits per heavy atom. The second-order valence-electron chi connectivity index (χ2n) is 22.1. The van der Waals surface area contributed by atoms with E-state index in [1.807, 2.05) is 84.9 Å². The van der Waals surface area contributed by atoms with Gasteiger partial charge in [-0.1, -0.05) is 75.9 Å². The Balaban J connectivity index is 0.825. The summed E-state index contributed by atoms with van der Waals surface area (Å²) in [5, 5.41) is 2.67. The Kier molecular flexibility index (Phi) is 20.8. The van der Waals surface area contributed by atoms with Gasteiger partial charge in [0, 0.05) is 163 Å². The van der Waals surface area contributed by atoms with E-state index >= 15 is 0 Å². The lowest BCUT2D eigenvalue weighted by Crippen LogP contribution is -2.55. The third-order valence-electron chi connectivity index (χ3n) is 15.3. The highest BCUT2D eigenvalue weighted by molar-refractivity contribution is 7.94. The van der Waals surface area contributed by atoms with Crippen molar-refractivity contribution in [2.75, 3.05) is 100 Å². The smallest absolute Gasteiger partial charge is 0.317 e. The fraction of sp³-hybridized carbons (Fsp3) is 0.385. The largest absolute Gasteiger partial charge is 0.387 e. The molecule has 0 spiro atoms. The number of fused-ring (bicyclic) bond motifs is 2. The lowest BCUT2D eigenvalue weighted by atomic mass is 9.97. The van der Waals surface area contributed by atoms with E-state index in [0.717, 1.165) is 133 Å². The predicted octanol–water partition coefficient (Wildman–Crippen LogP) is 10.3. The summed E-state index contributed by atoms with van der Waals surface area (Å²) in [4.78, 5) is 70.4. The SMILES string of the molecule is C=C(C1=Cc2ccc(-c3ccc(C=O)c(/C=C\N(C)CC4CN(SN(C)CCN(CCC)C(=O)C5=Cc6ccc(-c7ccc(C=O)c(/C=C\N(C)CC8CN(C(=O)NC)C8)c7)cc6N=C(N)C5)C4)c3)cc2N=C(N)C1)N(CCC)CCC. The number of rotatable bonds is 26. The molecule has 0 bridgehead atoms. The summed E-state index contributed by atoms with van der Waals surface area (Å²) in [5.41, 5.74) is 25.7. The van der Waals surface area contributed by atoms with Gasteiger partial charge in [-0.3, -0.25) is 14.4 Å². The van der Waals surface area contributed by atoms with Crippen LogP contribution in [0.2, 0.25) is 0 Å². The summed E-state index contributed by atoms with van der Waals surface area (Å²) in [6.07, 6.45) is 17.6. The maximum Gasteiger partial charge on any atom is 0.317 e. The van der Waals surface area contributed by atoms with Crippen molar-refractivity contribution < 1.29 is 19.2 Å². The van der Waals surface area contributed by atoms with Crippen LogP contribution in [-0.4, -0.2) is 169 Å². The van der Waals surface area contributed by atoms with Crippen molar-refractivity contribution in [1.82, 2.24) is 38.4 Å². The van der Waals surface area contributed by atoms with E-state index in [0.29, 0.717) is 85.0 Å². The number of aldehydes is 2. The predicted molar refractivity (Wildman–Crippen MR) is 339 cm³/mol. The molecule has 0 unspecified atom stereocenters. The number of amides is 3. The van der Waals surface area contributed by atoms with E-state index in [9.17, 15) is 19.2 Å². The van der Waals surface area contributed by atoms with Crippen LogP contribution in [-0.2, 0) is 4.79 Å². The standard InChI is InChI=1S/C65H82N12O4S/c1-9-22-74(23-10-2)45(4)58-31-54-16-12-50(33-60(54)69-62(66)35-58)48-14-18-57(44-79)53(29-48)21-26-72(7)38-47-41-77(42-47)82-73(8)27-28-75(24-11-3)64(80)59-32-55-17-13-51(34-61(55)70-63(67)36-59)49-15-19-56(43-78)52(30-49)20-25-71(6)37-46-39-76(40-46)65(81)68-5/h12-21,25-26,29-34,43-44,46-47H,4,9-11,22-24,27-28,35-42H2,1-3,5-8H3,(H2,66,69)(H2,67,70)(H,68,81)/b25-20-,26-21-. The molecule has 0 aliphatic carbocycles. The van der Waals surface area contributed by atoms with Gasteiger partial charge >= 0.3 is 6.03 Å². The summed E-state index contributed by atoms with van der Waals surface area (Å²) in [6.45, 7) is 19.6. The van der Waals surface area contributed by atoms with Gasteiger partial charge in [0.2, 0.25) is 5.91 Å². The summed E-state index contributed by atoms with van der Waals surface area (Å²) < 4.78 is 4.55. The molecule has 0 radical (unpaired) electrons. The Morgan fingerprint density at radius 2 is 1.10 bits per heavy atom. The Bertz CT molecular complexity index is 3180. The zero-order chi connectivity index (χ0) is 58.5. The third-order valence-corrected chi connectivity index (χ3v) is 16.3. The van der Waals surface area contributed by atoms with Crippen molar-refractivity contribution in [3.8, 4) is 22.3 Å². The fourth-order valence-electron chi connectivity index (χ4n) is 11.0. The minimum absolute atomic E-state index is 0.0425. The van der Waals surface area contributed by atoms with Gasteiger partial charge in [-0.05, 0) is 126 Å². The number of nitrogens with one attached hydrogen (secondary N) is 1. The molecule has 0 saturated carbocycles. The topological polar surface area (TPSA) is 180 Å². The molecule has 4 aromatic rings. The molecular formula is C65H82N12O4S. The van der Waals surface area contributed by atoms with Gasteiger partial charge < -0.3 is 41.3 Å². The van der Waals surface area contributed by atoms with Crippen LogP contribution < -0.4 is 16.8 Å². The van der Waals surface area contributed by atoms with Gasteiger partial charge in [0.25, 0.3) is 0 Å². The van der Waals surface area contributed by atoms with Gasteiger partial charge in [-0.15, -0.1) is 0 Å². The van der Waals surface area contributed by atoms with Crippen LogP contribution in [0.25, 0.3) is 46.6 Å². The normalized spacial score (nSPS) is 15.5. The third kappa shape index (κ3) is 15.4. The van der Waals surface area contributed by atoms with Crippen LogP contribution in [0.1, 0.15) is 95.8 Å². The number of amidine groups is 2. The molecule has 5 N–H and O–H groups in total. The Morgan fingerprint density at radius 3 is 1.60 bits per heavy atom. The highest BCUT2D eigenvalue weighted by Crippen LogP contribution is 2.36. The van der Waals surface area contributed by atoms with Crippen LogP contribution in [0.3, 0.4) is 0 Å². The zero-order valence-corrected chi connectivity index (χ0v) is 49.8. The second kappa shape index (κ2) is 28.3. The lowest BCUT2D eigenvalue weighted by Gasteiger charge is -2.41. The summed E-state index contributed by atoms with van der Waals surface area (Å²) in [7, 11) is 7.78. The maximum atomic E-state index is 14.3. The van der Waals surface area contributed by atoms with Gasteiger partial charge in [0.05, 0.1) is 11.4 Å². The van der Waals surface area contributed by atoms with Crippen molar-refractivity contribution >= 4 is 84.0 Å². The quantitative estimate of drug-likeness (QED) is 0.0401. The number of nitrogens with zero attached hydrogens (tertiary/aromatic N) is 9. The minimum atomic E-state index is -0.0551. The summed E-state index contributed by atoms with van der Waals surface area (Å²) in [6, 6.07) is 23.9. The number of allylic oxidation sites excluding steroid dienone is 1. The molecule has 2 fully saturated rings. The van der Waals surface area contributed by atoms with Crippen LogP contribution in [0.4, 0.5) is 16.2 Å². The molecule has 2 saturated heterocycles. The molecule has 16 nitrogen and oxygen atoms in total. The Labute approximate surface area is 489 Å². The molecule has 0 aromatic heterocycles. The molecule has 432 valence electrons. The first-order chi connectivity index (χ1) is 39.6. The minimum Gasteiger partial charge on any atom is -0.387 e. The number of carbonyl (C=O) groups is 4. The molecular weight excluding hydrogens is 1040 g/mol. The van der Waals surface area contributed by atoms with E-state index < -0.39 is 0 Å². The second-order valence-corrected chi connectivity index (χ2v) is 23.4. The molecule has 4 aliphatic heterocycles. The number of hydrogen-bond donors (Lipinski definition) is 3. The highest BCUT2D eigenvalue weighted by atomic mass is 32.2. The van der Waals surface area contributed by atoms with E-state index in [1.54, 1.807) is 24.1 Å². The summed E-state index contributed by atoms with van der Waals surface area (Å²) in [5.74, 6) is 1.74. The van der Waals surface area contributed by atoms with Crippen LogP contribution in [0.5, 0.6) is 0 Å². The van der Waals surface area contributed by atoms with E-state index in [1.165, 1.54) is 0 Å². The Hall–Kier alpha value is -7.73. The van der Waals surface area contributed by atoms with E-state index in [-0.39, 0.29) is 18.4 Å². The number of benzene rings is 4. The lowest BCUT2D eigenvalue weighted by molar-refractivity contribution is -0.127. The molecule has 3 amide bonds. The van der Waals surface area contributed by atoms with Gasteiger partial charge in [0.15, 0.2) is 12.6 Å². The number of nitrogens with two attached hydrogens (primary N) is 2.